The number of alkyl halides is 1. The van der Waals surface area contributed by atoms with Gasteiger partial charge in [0, 0.05) is 36.6 Å². The van der Waals surface area contributed by atoms with Gasteiger partial charge in [-0.15, -0.1) is 12.4 Å². The maximum atomic E-state index is 12.3. The van der Waals surface area contributed by atoms with Crippen LogP contribution in [0, 0.1) is 13.8 Å². The van der Waals surface area contributed by atoms with Gasteiger partial charge >= 0.3 is 0 Å². The third-order valence-electron chi connectivity index (χ3n) is 3.08. The van der Waals surface area contributed by atoms with Crippen molar-refractivity contribution in [1.82, 2.24) is 19.6 Å². The van der Waals surface area contributed by atoms with Gasteiger partial charge in [0.2, 0.25) is 0 Å². The number of hydrogen-bond acceptors (Lipinski definition) is 3. The van der Waals surface area contributed by atoms with Gasteiger partial charge in [-0.25, -0.2) is 4.39 Å². The molecule has 0 aliphatic rings. The first-order valence-electron chi connectivity index (χ1n) is 6.50. The average molecular weight is 302 g/mol. The minimum Gasteiger partial charge on any atom is -0.364 e. The zero-order chi connectivity index (χ0) is 13.8. The molecule has 112 valence electrons. The van der Waals surface area contributed by atoms with Crippen molar-refractivity contribution in [2.24, 2.45) is 0 Å². The van der Waals surface area contributed by atoms with Crippen molar-refractivity contribution in [3.8, 4) is 0 Å². The summed E-state index contributed by atoms with van der Waals surface area (Å²) in [7, 11) is 0. The Kier molecular flexibility index (Phi) is 6.01. The molecule has 0 saturated carbocycles. The van der Waals surface area contributed by atoms with Gasteiger partial charge < -0.3 is 5.32 Å². The Bertz CT molecular complexity index is 549. The van der Waals surface area contributed by atoms with Crippen LogP contribution in [-0.4, -0.2) is 26.2 Å². The van der Waals surface area contributed by atoms with E-state index in [2.05, 4.69) is 22.4 Å². The van der Waals surface area contributed by atoms with Crippen LogP contribution < -0.4 is 5.32 Å². The molecule has 0 bridgehead atoms. The third-order valence-corrected chi connectivity index (χ3v) is 3.08. The number of aryl methyl sites for hydroxylation is 4. The van der Waals surface area contributed by atoms with Gasteiger partial charge in [0.05, 0.1) is 12.2 Å². The van der Waals surface area contributed by atoms with E-state index in [9.17, 15) is 4.39 Å². The molecule has 0 aliphatic heterocycles. The molecule has 1 N–H and O–H groups in total. The summed E-state index contributed by atoms with van der Waals surface area (Å²) in [5, 5.41) is 12.0. The summed E-state index contributed by atoms with van der Waals surface area (Å²) in [6.07, 6.45) is 3.89. The summed E-state index contributed by atoms with van der Waals surface area (Å²) in [5.74, 6) is 0.803. The van der Waals surface area contributed by atoms with Crippen LogP contribution in [0.25, 0.3) is 0 Å². The molecule has 0 aliphatic carbocycles. The lowest BCUT2D eigenvalue weighted by atomic mass is 10.2. The number of nitrogens with zero attached hydrogens (tertiary/aromatic N) is 4. The second-order valence-corrected chi connectivity index (χ2v) is 4.56. The zero-order valence-corrected chi connectivity index (χ0v) is 12.9. The first-order valence-corrected chi connectivity index (χ1v) is 6.50. The predicted molar refractivity (Wildman–Crippen MR) is 80.2 cm³/mol. The number of halogens is 2. The van der Waals surface area contributed by atoms with Gasteiger partial charge in [-0.2, -0.15) is 10.2 Å². The van der Waals surface area contributed by atoms with Crippen molar-refractivity contribution >= 4 is 18.2 Å². The molecule has 2 aromatic rings. The lowest BCUT2D eigenvalue weighted by Gasteiger charge is -2.02. The van der Waals surface area contributed by atoms with Crippen molar-refractivity contribution in [3.63, 3.8) is 0 Å². The van der Waals surface area contributed by atoms with Gasteiger partial charge in [0.25, 0.3) is 0 Å². The second-order valence-electron chi connectivity index (χ2n) is 4.56. The Morgan fingerprint density at radius 1 is 1.20 bits per heavy atom. The van der Waals surface area contributed by atoms with Crippen LogP contribution in [0.4, 0.5) is 10.2 Å². The minimum absolute atomic E-state index is 0. The molecule has 0 spiro atoms. The van der Waals surface area contributed by atoms with Crippen LogP contribution in [0.3, 0.4) is 0 Å². The van der Waals surface area contributed by atoms with E-state index in [1.165, 1.54) is 0 Å². The van der Waals surface area contributed by atoms with Crippen LogP contribution in [-0.2, 0) is 19.6 Å². The van der Waals surface area contributed by atoms with Crippen molar-refractivity contribution < 1.29 is 4.39 Å². The Morgan fingerprint density at radius 3 is 2.55 bits per heavy atom. The van der Waals surface area contributed by atoms with E-state index < -0.39 is 6.67 Å². The quantitative estimate of drug-likeness (QED) is 0.892. The summed E-state index contributed by atoms with van der Waals surface area (Å²) in [6, 6.07) is 0. The van der Waals surface area contributed by atoms with Crippen molar-refractivity contribution in [1.29, 1.82) is 0 Å². The fraction of sp³-hybridized carbons (Fsp3) is 0.538. The minimum atomic E-state index is -0.400. The van der Waals surface area contributed by atoms with Gasteiger partial charge in [0.15, 0.2) is 5.82 Å². The molecule has 0 saturated heterocycles. The van der Waals surface area contributed by atoms with Crippen molar-refractivity contribution in [2.45, 2.75) is 40.4 Å². The topological polar surface area (TPSA) is 47.7 Å². The maximum absolute atomic E-state index is 12.3. The SMILES string of the molecule is CCn1cc(CNc2nn(CCF)cc2C)c(C)n1.Cl. The van der Waals surface area contributed by atoms with Gasteiger partial charge in [0.1, 0.15) is 6.67 Å². The largest absolute Gasteiger partial charge is 0.364 e. The van der Waals surface area contributed by atoms with Gasteiger partial charge in [-0.05, 0) is 20.8 Å². The number of aromatic nitrogens is 4. The van der Waals surface area contributed by atoms with Crippen LogP contribution in [0.1, 0.15) is 23.7 Å². The summed E-state index contributed by atoms with van der Waals surface area (Å²) < 4.78 is 15.8. The summed E-state index contributed by atoms with van der Waals surface area (Å²) in [4.78, 5) is 0. The Balaban J connectivity index is 0.00000200. The number of hydrogen-bond donors (Lipinski definition) is 1. The molecule has 0 amide bonds. The van der Waals surface area contributed by atoms with Crippen molar-refractivity contribution in [3.05, 3.63) is 29.2 Å². The second kappa shape index (κ2) is 7.28. The highest BCUT2D eigenvalue weighted by molar-refractivity contribution is 5.85. The Morgan fingerprint density at radius 2 is 1.95 bits per heavy atom. The number of anilines is 1. The van der Waals surface area contributed by atoms with E-state index in [-0.39, 0.29) is 12.4 Å². The van der Waals surface area contributed by atoms with Gasteiger partial charge in [-0.1, -0.05) is 0 Å². The highest BCUT2D eigenvalue weighted by atomic mass is 35.5. The van der Waals surface area contributed by atoms with Crippen LogP contribution in [0.2, 0.25) is 0 Å². The molecule has 2 rings (SSSR count). The summed E-state index contributed by atoms with van der Waals surface area (Å²) in [5.41, 5.74) is 3.20. The molecule has 0 aromatic carbocycles. The van der Waals surface area contributed by atoms with E-state index in [4.69, 9.17) is 0 Å². The van der Waals surface area contributed by atoms with E-state index in [1.54, 1.807) is 4.68 Å². The van der Waals surface area contributed by atoms with E-state index in [1.807, 2.05) is 30.9 Å². The van der Waals surface area contributed by atoms with E-state index >= 15 is 0 Å². The van der Waals surface area contributed by atoms with Crippen molar-refractivity contribution in [2.75, 3.05) is 12.0 Å². The smallest absolute Gasteiger partial charge is 0.151 e. The standard InChI is InChI=1S/C13H20FN5.ClH/c1-4-18-9-12(11(3)16-18)7-15-13-10(2)8-19(17-13)6-5-14;/h8-9H,4-7H2,1-3H3,(H,15,17);1H. The molecular formula is C13H21ClFN5. The maximum Gasteiger partial charge on any atom is 0.151 e. The lowest BCUT2D eigenvalue weighted by Crippen LogP contribution is -2.04. The van der Waals surface area contributed by atoms with Crippen LogP contribution in [0.15, 0.2) is 12.4 Å². The van der Waals surface area contributed by atoms with Crippen LogP contribution in [0.5, 0.6) is 0 Å². The molecule has 0 fully saturated rings. The number of rotatable bonds is 6. The van der Waals surface area contributed by atoms with Crippen LogP contribution >= 0.6 is 12.4 Å². The monoisotopic (exact) mass is 301 g/mol. The molecule has 0 atom stereocenters. The number of nitrogens with one attached hydrogen (secondary N) is 1. The fourth-order valence-electron chi connectivity index (χ4n) is 1.97. The molecule has 5 nitrogen and oxygen atoms in total. The first kappa shape index (κ1) is 16.5. The average Bonchev–Trinajstić information content (AvgIpc) is 2.91. The summed E-state index contributed by atoms with van der Waals surface area (Å²) >= 11 is 0. The lowest BCUT2D eigenvalue weighted by molar-refractivity contribution is 0.427. The molecule has 7 heteroatoms. The van der Waals surface area contributed by atoms with E-state index in [0.29, 0.717) is 13.1 Å². The highest BCUT2D eigenvalue weighted by Gasteiger charge is 2.07. The van der Waals surface area contributed by atoms with E-state index in [0.717, 1.165) is 29.2 Å². The Hall–Kier alpha value is -1.56. The third kappa shape index (κ3) is 3.72. The molecule has 0 unspecified atom stereocenters. The predicted octanol–water partition coefficient (Wildman–Crippen LogP) is 2.72. The fourth-order valence-corrected chi connectivity index (χ4v) is 1.97. The molecular weight excluding hydrogens is 281 g/mol. The zero-order valence-electron chi connectivity index (χ0n) is 12.1. The first-order chi connectivity index (χ1) is 9.13. The molecule has 2 aromatic heterocycles. The summed E-state index contributed by atoms with van der Waals surface area (Å²) in [6.45, 7) is 7.47. The normalized spacial score (nSPS) is 10.4. The highest BCUT2D eigenvalue weighted by Crippen LogP contribution is 2.14. The van der Waals surface area contributed by atoms with Gasteiger partial charge in [-0.3, -0.25) is 9.36 Å². The Labute approximate surface area is 124 Å². The molecule has 20 heavy (non-hydrogen) atoms. The molecule has 0 radical (unpaired) electrons. The molecule has 2 heterocycles.